The molecule has 1 aromatic rings. The van der Waals surface area contributed by atoms with Gasteiger partial charge in [0.2, 0.25) is 20.0 Å². The second-order valence-corrected chi connectivity index (χ2v) is 10.2. The van der Waals surface area contributed by atoms with Crippen molar-refractivity contribution < 1.29 is 16.8 Å². The van der Waals surface area contributed by atoms with Gasteiger partial charge < -0.3 is 5.73 Å². The number of benzene rings is 1. The third-order valence-corrected chi connectivity index (χ3v) is 8.48. The van der Waals surface area contributed by atoms with E-state index in [0.717, 1.165) is 19.3 Å². The highest BCUT2D eigenvalue weighted by Gasteiger charge is 2.33. The van der Waals surface area contributed by atoms with Gasteiger partial charge >= 0.3 is 0 Å². The Kier molecular flexibility index (Phi) is 4.99. The topological polar surface area (TPSA) is 101 Å². The summed E-state index contributed by atoms with van der Waals surface area (Å²) >= 11 is 0. The first-order chi connectivity index (χ1) is 11.4. The highest BCUT2D eigenvalue weighted by Crippen LogP contribution is 2.27. The van der Waals surface area contributed by atoms with Crippen LogP contribution in [0, 0.1) is 5.92 Å². The van der Waals surface area contributed by atoms with Crippen LogP contribution in [-0.4, -0.2) is 58.2 Å². The molecule has 7 nitrogen and oxygen atoms in total. The second kappa shape index (κ2) is 6.72. The van der Waals surface area contributed by atoms with Crippen LogP contribution in [0.1, 0.15) is 19.3 Å². The van der Waals surface area contributed by atoms with Crippen molar-refractivity contribution in [2.24, 2.45) is 11.7 Å². The minimum atomic E-state index is -3.69. The maximum Gasteiger partial charge on any atom is 0.243 e. The van der Waals surface area contributed by atoms with Crippen molar-refractivity contribution in [3.8, 4) is 0 Å². The average molecular weight is 374 g/mol. The van der Waals surface area contributed by atoms with E-state index in [2.05, 4.69) is 0 Å². The molecule has 0 bridgehead atoms. The Morgan fingerprint density at radius 3 is 2.08 bits per heavy atom. The highest BCUT2D eigenvalue weighted by atomic mass is 32.2. The van der Waals surface area contributed by atoms with Crippen LogP contribution in [0.4, 0.5) is 0 Å². The summed E-state index contributed by atoms with van der Waals surface area (Å²) in [5.41, 5.74) is 5.62. The lowest BCUT2D eigenvalue weighted by atomic mass is 10.1. The Bertz CT molecular complexity index is 802. The zero-order valence-corrected chi connectivity index (χ0v) is 15.1. The van der Waals surface area contributed by atoms with Gasteiger partial charge in [-0.15, -0.1) is 0 Å². The lowest BCUT2D eigenvalue weighted by molar-refractivity contribution is 0.458. The summed E-state index contributed by atoms with van der Waals surface area (Å²) in [7, 11) is -7.32. The Hall–Kier alpha value is -1.00. The fourth-order valence-electron chi connectivity index (χ4n) is 3.23. The van der Waals surface area contributed by atoms with Crippen LogP contribution in [-0.2, 0) is 20.0 Å². The third-order valence-electron chi connectivity index (χ3n) is 4.73. The van der Waals surface area contributed by atoms with E-state index < -0.39 is 20.0 Å². The molecule has 24 heavy (non-hydrogen) atoms. The molecule has 2 aliphatic rings. The molecule has 2 aliphatic heterocycles. The Morgan fingerprint density at radius 1 is 0.958 bits per heavy atom. The van der Waals surface area contributed by atoms with Crippen molar-refractivity contribution >= 4 is 20.0 Å². The molecule has 0 radical (unpaired) electrons. The van der Waals surface area contributed by atoms with Gasteiger partial charge in [0, 0.05) is 26.2 Å². The monoisotopic (exact) mass is 373 g/mol. The maximum absolute atomic E-state index is 12.8. The van der Waals surface area contributed by atoms with E-state index in [4.69, 9.17) is 5.73 Å². The first kappa shape index (κ1) is 17.8. The van der Waals surface area contributed by atoms with E-state index in [9.17, 15) is 16.8 Å². The molecular weight excluding hydrogens is 350 g/mol. The highest BCUT2D eigenvalue weighted by molar-refractivity contribution is 7.90. The average Bonchev–Trinajstić information content (AvgIpc) is 3.26. The van der Waals surface area contributed by atoms with E-state index in [1.807, 2.05) is 0 Å². The zero-order valence-electron chi connectivity index (χ0n) is 13.5. The largest absolute Gasteiger partial charge is 0.330 e. The van der Waals surface area contributed by atoms with E-state index in [-0.39, 0.29) is 15.7 Å². The number of nitrogens with zero attached hydrogens (tertiary/aromatic N) is 2. The lowest BCUT2D eigenvalue weighted by Crippen LogP contribution is -2.31. The summed E-state index contributed by atoms with van der Waals surface area (Å²) in [6.45, 7) is 2.25. The van der Waals surface area contributed by atoms with Crippen molar-refractivity contribution in [2.75, 3.05) is 32.7 Å². The molecule has 0 aromatic heterocycles. The summed E-state index contributed by atoms with van der Waals surface area (Å²) in [5, 5.41) is 0. The summed E-state index contributed by atoms with van der Waals surface area (Å²) in [6.07, 6.45) is 2.42. The molecular formula is C15H23N3O4S2. The van der Waals surface area contributed by atoms with Crippen molar-refractivity contribution in [3.63, 3.8) is 0 Å². The number of sulfonamides is 2. The first-order valence-corrected chi connectivity index (χ1v) is 11.0. The van der Waals surface area contributed by atoms with E-state index in [1.165, 1.54) is 32.9 Å². The number of nitrogens with two attached hydrogens (primary N) is 1. The maximum atomic E-state index is 12.8. The Labute approximate surface area is 143 Å². The molecule has 2 saturated heterocycles. The molecule has 2 fully saturated rings. The standard InChI is InChI=1S/C15H23N3O4S2/c16-11-13-6-9-18(12-13)24(21,22)15-5-3-4-14(10-15)23(19,20)17-7-1-2-8-17/h3-5,10,13H,1-2,6-9,11-12,16H2. The van der Waals surface area contributed by atoms with Crippen molar-refractivity contribution in [1.82, 2.24) is 8.61 Å². The summed E-state index contributed by atoms with van der Waals surface area (Å²) in [4.78, 5) is 0.0699. The fourth-order valence-corrected chi connectivity index (χ4v) is 6.45. The van der Waals surface area contributed by atoms with Crippen LogP contribution in [0.2, 0.25) is 0 Å². The SMILES string of the molecule is NCC1CCN(S(=O)(=O)c2cccc(S(=O)(=O)N3CCCC3)c2)C1. The first-order valence-electron chi connectivity index (χ1n) is 8.16. The summed E-state index contributed by atoms with van der Waals surface area (Å²) in [5.74, 6) is 0.163. The van der Waals surface area contributed by atoms with Crippen LogP contribution in [0.15, 0.2) is 34.1 Å². The third kappa shape index (κ3) is 3.23. The molecule has 134 valence electrons. The smallest absolute Gasteiger partial charge is 0.243 e. The van der Waals surface area contributed by atoms with Gasteiger partial charge in [-0.25, -0.2) is 16.8 Å². The predicted molar refractivity (Wildman–Crippen MR) is 90.4 cm³/mol. The van der Waals surface area contributed by atoms with E-state index >= 15 is 0 Å². The number of hydrogen-bond donors (Lipinski definition) is 1. The Balaban J connectivity index is 1.90. The predicted octanol–water partition coefficient (Wildman–Crippen LogP) is 0.440. The minimum absolute atomic E-state index is 0.0282. The molecule has 1 atom stereocenters. The molecule has 0 saturated carbocycles. The van der Waals surface area contributed by atoms with Gasteiger partial charge in [-0.1, -0.05) is 6.07 Å². The van der Waals surface area contributed by atoms with Crippen molar-refractivity contribution in [1.29, 1.82) is 0 Å². The number of rotatable bonds is 5. The van der Waals surface area contributed by atoms with Gasteiger partial charge in [0.25, 0.3) is 0 Å². The van der Waals surface area contributed by atoms with Gasteiger partial charge in [-0.3, -0.25) is 0 Å². The van der Waals surface area contributed by atoms with E-state index in [0.29, 0.717) is 32.7 Å². The lowest BCUT2D eigenvalue weighted by Gasteiger charge is -2.19. The van der Waals surface area contributed by atoms with Crippen LogP contribution in [0.3, 0.4) is 0 Å². The molecule has 0 spiro atoms. The fraction of sp³-hybridized carbons (Fsp3) is 0.600. The van der Waals surface area contributed by atoms with Gasteiger partial charge in [0.05, 0.1) is 9.79 Å². The van der Waals surface area contributed by atoms with Gasteiger partial charge in [0.15, 0.2) is 0 Å². The van der Waals surface area contributed by atoms with Crippen LogP contribution < -0.4 is 5.73 Å². The molecule has 1 aromatic carbocycles. The number of hydrogen-bond acceptors (Lipinski definition) is 5. The van der Waals surface area contributed by atoms with Crippen molar-refractivity contribution in [2.45, 2.75) is 29.1 Å². The van der Waals surface area contributed by atoms with Gasteiger partial charge in [-0.05, 0) is 49.9 Å². The molecule has 9 heteroatoms. The zero-order chi connectivity index (χ0) is 17.4. The van der Waals surface area contributed by atoms with Crippen LogP contribution in [0.5, 0.6) is 0 Å². The van der Waals surface area contributed by atoms with Crippen molar-refractivity contribution in [3.05, 3.63) is 24.3 Å². The Morgan fingerprint density at radius 2 is 1.54 bits per heavy atom. The molecule has 2 heterocycles. The molecule has 0 amide bonds. The normalized spacial score (nSPS) is 23.8. The summed E-state index contributed by atoms with van der Waals surface area (Å²) < 4.78 is 53.6. The minimum Gasteiger partial charge on any atom is -0.330 e. The molecule has 0 aliphatic carbocycles. The van der Waals surface area contributed by atoms with E-state index in [1.54, 1.807) is 0 Å². The second-order valence-electron chi connectivity index (χ2n) is 6.34. The molecule has 3 rings (SSSR count). The molecule has 1 unspecified atom stereocenters. The van der Waals surface area contributed by atoms with Gasteiger partial charge in [0.1, 0.15) is 0 Å². The quantitative estimate of drug-likeness (QED) is 0.807. The van der Waals surface area contributed by atoms with Gasteiger partial charge in [-0.2, -0.15) is 8.61 Å². The summed E-state index contributed by atoms with van der Waals surface area (Å²) in [6, 6.07) is 5.68. The molecule has 2 N–H and O–H groups in total. The van der Waals surface area contributed by atoms with Crippen LogP contribution >= 0.6 is 0 Å². The van der Waals surface area contributed by atoms with Crippen LogP contribution in [0.25, 0.3) is 0 Å².